The molecule has 3 aromatic rings. The second-order valence-electron chi connectivity index (χ2n) is 8.16. The van der Waals surface area contributed by atoms with E-state index in [4.69, 9.17) is 10.1 Å². The maximum atomic E-state index is 4.78. The molecule has 2 heterocycles. The van der Waals surface area contributed by atoms with E-state index >= 15 is 0 Å². The molecule has 0 aliphatic heterocycles. The van der Waals surface area contributed by atoms with Crippen molar-refractivity contribution in [3.63, 3.8) is 0 Å². The van der Waals surface area contributed by atoms with Crippen LogP contribution in [0.4, 0.5) is 0 Å². The molecule has 4 rings (SSSR count). The van der Waals surface area contributed by atoms with Crippen LogP contribution in [-0.4, -0.2) is 38.3 Å². The zero-order chi connectivity index (χ0) is 20.4. The van der Waals surface area contributed by atoms with Gasteiger partial charge in [0.25, 0.3) is 0 Å². The number of aryl methyl sites for hydroxylation is 2. The molecule has 0 saturated carbocycles. The van der Waals surface area contributed by atoms with Crippen molar-refractivity contribution >= 4 is 17.0 Å². The Morgan fingerprint density at radius 3 is 3.03 bits per heavy atom. The van der Waals surface area contributed by atoms with Gasteiger partial charge in [-0.3, -0.25) is 4.68 Å². The number of H-pyrrole nitrogens is 1. The van der Waals surface area contributed by atoms with Gasteiger partial charge >= 0.3 is 0 Å². The molecule has 29 heavy (non-hydrogen) atoms. The first-order valence-electron chi connectivity index (χ1n) is 10.6. The van der Waals surface area contributed by atoms with Gasteiger partial charge < -0.3 is 15.6 Å². The molecule has 154 valence electrons. The number of hydrogen-bond donors (Lipinski definition) is 3. The molecule has 0 spiro atoms. The predicted octanol–water partition coefficient (Wildman–Crippen LogP) is 3.26. The summed E-state index contributed by atoms with van der Waals surface area (Å²) in [4.78, 5) is 12.8. The van der Waals surface area contributed by atoms with Crippen LogP contribution in [0, 0.1) is 6.92 Å². The normalized spacial score (nSPS) is 17.0. The second-order valence-corrected chi connectivity index (χ2v) is 8.16. The number of rotatable bonds is 5. The van der Waals surface area contributed by atoms with Crippen LogP contribution in [0.1, 0.15) is 55.9 Å². The van der Waals surface area contributed by atoms with Crippen LogP contribution in [-0.2, 0) is 19.4 Å². The molecule has 1 unspecified atom stereocenters. The third-order valence-electron chi connectivity index (χ3n) is 5.38. The molecule has 0 amide bonds. The molecule has 0 radical (unpaired) electrons. The number of hydrogen-bond acceptors (Lipinski definition) is 3. The van der Waals surface area contributed by atoms with Gasteiger partial charge in [0.1, 0.15) is 12.4 Å². The summed E-state index contributed by atoms with van der Waals surface area (Å²) < 4.78 is 2.08. The van der Waals surface area contributed by atoms with Crippen LogP contribution < -0.4 is 10.6 Å². The smallest absolute Gasteiger partial charge is 0.191 e. The lowest BCUT2D eigenvalue weighted by molar-refractivity contribution is 0.499. The molecule has 3 N–H and O–H groups in total. The fourth-order valence-electron chi connectivity index (χ4n) is 3.82. The van der Waals surface area contributed by atoms with Crippen molar-refractivity contribution in [2.75, 3.05) is 6.54 Å². The van der Waals surface area contributed by atoms with Crippen LogP contribution in [0.2, 0.25) is 0 Å². The van der Waals surface area contributed by atoms with Crippen LogP contribution in [0.15, 0.2) is 29.4 Å². The van der Waals surface area contributed by atoms with Gasteiger partial charge in [-0.05, 0) is 63.8 Å². The predicted molar refractivity (Wildman–Crippen MR) is 117 cm³/mol. The minimum atomic E-state index is 0.342. The molecule has 0 saturated heterocycles. The maximum Gasteiger partial charge on any atom is 0.191 e. The Hall–Kier alpha value is -2.83. The molecule has 1 aliphatic carbocycles. The highest BCUT2D eigenvalue weighted by Gasteiger charge is 2.23. The molecule has 2 aromatic heterocycles. The van der Waals surface area contributed by atoms with E-state index in [1.54, 1.807) is 0 Å². The highest BCUT2D eigenvalue weighted by atomic mass is 15.3. The van der Waals surface area contributed by atoms with Gasteiger partial charge in [-0.2, -0.15) is 5.10 Å². The molecule has 0 bridgehead atoms. The fourth-order valence-corrected chi connectivity index (χ4v) is 3.82. The van der Waals surface area contributed by atoms with Gasteiger partial charge in [0.2, 0.25) is 0 Å². The number of imidazole rings is 1. The average Bonchev–Trinajstić information content (AvgIpc) is 3.29. The number of nitrogens with one attached hydrogen (secondary N) is 3. The molecule has 1 atom stereocenters. The van der Waals surface area contributed by atoms with E-state index in [0.717, 1.165) is 48.6 Å². The van der Waals surface area contributed by atoms with E-state index < -0.39 is 0 Å². The van der Waals surface area contributed by atoms with Crippen molar-refractivity contribution in [1.82, 2.24) is 30.4 Å². The largest absolute Gasteiger partial charge is 0.357 e. The van der Waals surface area contributed by atoms with Crippen LogP contribution in [0.25, 0.3) is 11.0 Å². The van der Waals surface area contributed by atoms with Gasteiger partial charge in [-0.25, -0.2) is 9.98 Å². The van der Waals surface area contributed by atoms with Crippen molar-refractivity contribution in [2.45, 2.75) is 65.6 Å². The maximum absolute atomic E-state index is 4.78. The summed E-state index contributed by atoms with van der Waals surface area (Å²) in [5.74, 6) is 1.71. The molecule has 7 nitrogen and oxygen atoms in total. The molecule has 1 aromatic carbocycles. The summed E-state index contributed by atoms with van der Waals surface area (Å²) in [6, 6.07) is 7.00. The first-order valence-corrected chi connectivity index (χ1v) is 10.6. The monoisotopic (exact) mass is 393 g/mol. The SMILES string of the molecule is CCNC(=NCc1nc2ccc(C)cc2[nH]1)NC1CCc2cn(C(C)C)nc2C1. The van der Waals surface area contributed by atoms with Gasteiger partial charge in [-0.1, -0.05) is 6.07 Å². The summed E-state index contributed by atoms with van der Waals surface area (Å²) in [7, 11) is 0. The lowest BCUT2D eigenvalue weighted by atomic mass is 9.94. The van der Waals surface area contributed by atoms with Crippen molar-refractivity contribution < 1.29 is 0 Å². The third kappa shape index (κ3) is 4.44. The first-order chi connectivity index (χ1) is 14.0. The van der Waals surface area contributed by atoms with Gasteiger partial charge in [0.05, 0.1) is 16.7 Å². The number of benzene rings is 1. The van der Waals surface area contributed by atoms with Gasteiger partial charge in [0, 0.05) is 31.2 Å². The number of guanidine groups is 1. The van der Waals surface area contributed by atoms with Gasteiger partial charge in [-0.15, -0.1) is 0 Å². The van der Waals surface area contributed by atoms with Crippen LogP contribution in [0.5, 0.6) is 0 Å². The lowest BCUT2D eigenvalue weighted by Gasteiger charge is -2.24. The lowest BCUT2D eigenvalue weighted by Crippen LogP contribution is -2.45. The Bertz CT molecular complexity index is 1010. The second kappa shape index (κ2) is 8.27. The minimum Gasteiger partial charge on any atom is -0.357 e. The summed E-state index contributed by atoms with van der Waals surface area (Å²) in [6.45, 7) is 9.86. The summed E-state index contributed by atoms with van der Waals surface area (Å²) >= 11 is 0. The van der Waals surface area contributed by atoms with E-state index in [2.05, 4.69) is 71.3 Å². The number of aliphatic imine (C=N–C) groups is 1. The molecule has 1 aliphatic rings. The Morgan fingerprint density at radius 1 is 1.38 bits per heavy atom. The topological polar surface area (TPSA) is 82.9 Å². The summed E-state index contributed by atoms with van der Waals surface area (Å²) in [5.41, 5.74) is 5.87. The summed E-state index contributed by atoms with van der Waals surface area (Å²) in [6.07, 6.45) is 5.29. The van der Waals surface area contributed by atoms with Gasteiger partial charge in [0.15, 0.2) is 5.96 Å². The zero-order valence-electron chi connectivity index (χ0n) is 17.8. The molecule has 7 heteroatoms. The van der Waals surface area contributed by atoms with Crippen molar-refractivity contribution in [1.29, 1.82) is 0 Å². The number of fused-ring (bicyclic) bond motifs is 2. The van der Waals surface area contributed by atoms with E-state index in [1.165, 1.54) is 16.8 Å². The van der Waals surface area contributed by atoms with Crippen molar-refractivity contribution in [3.8, 4) is 0 Å². The van der Waals surface area contributed by atoms with Crippen molar-refractivity contribution in [2.24, 2.45) is 4.99 Å². The Balaban J connectivity index is 1.44. The quantitative estimate of drug-likeness (QED) is 0.459. The molecular weight excluding hydrogens is 362 g/mol. The molecule has 0 fully saturated rings. The number of aromatic nitrogens is 4. The Labute approximate surface area is 172 Å². The molecular formula is C22H31N7. The Morgan fingerprint density at radius 2 is 2.24 bits per heavy atom. The average molecular weight is 394 g/mol. The van der Waals surface area contributed by atoms with Crippen molar-refractivity contribution in [3.05, 3.63) is 47.0 Å². The zero-order valence-corrected chi connectivity index (χ0v) is 17.8. The van der Waals surface area contributed by atoms with Crippen LogP contribution in [0.3, 0.4) is 0 Å². The minimum absolute atomic E-state index is 0.342. The van der Waals surface area contributed by atoms with E-state index in [9.17, 15) is 0 Å². The van der Waals surface area contributed by atoms with Crippen LogP contribution >= 0.6 is 0 Å². The van der Waals surface area contributed by atoms with E-state index in [-0.39, 0.29) is 0 Å². The highest BCUT2D eigenvalue weighted by Crippen LogP contribution is 2.21. The van der Waals surface area contributed by atoms with E-state index in [1.807, 2.05) is 6.07 Å². The summed E-state index contributed by atoms with van der Waals surface area (Å²) in [5, 5.41) is 11.7. The Kier molecular flexibility index (Phi) is 5.56. The fraction of sp³-hybridized carbons (Fsp3) is 0.500. The number of aromatic amines is 1. The highest BCUT2D eigenvalue weighted by molar-refractivity contribution is 5.80. The third-order valence-corrected chi connectivity index (χ3v) is 5.38. The number of nitrogens with zero attached hydrogens (tertiary/aromatic N) is 4. The van der Waals surface area contributed by atoms with E-state index in [0.29, 0.717) is 18.6 Å². The standard InChI is InChI=1S/C22H31N7/c1-5-23-22(24-12-21-26-18-9-6-15(4)10-20(18)27-21)25-17-8-7-16-13-29(14(2)3)28-19(16)11-17/h6,9-10,13-14,17H,5,7-8,11-12H2,1-4H3,(H,26,27)(H2,23,24,25). The first kappa shape index (κ1) is 19.5.